The minimum Gasteiger partial charge on any atom is -0.497 e. The van der Waals surface area contributed by atoms with Crippen LogP contribution in [0.2, 0.25) is 5.15 Å². The second-order valence-corrected chi connectivity index (χ2v) is 9.34. The number of methoxy groups -OCH3 is 1. The van der Waals surface area contributed by atoms with Gasteiger partial charge in [-0.2, -0.15) is 0 Å². The van der Waals surface area contributed by atoms with Crippen molar-refractivity contribution < 1.29 is 13.2 Å². The van der Waals surface area contributed by atoms with E-state index in [1.807, 2.05) is 43.3 Å². The van der Waals surface area contributed by atoms with Gasteiger partial charge in [-0.1, -0.05) is 17.7 Å². The zero-order chi connectivity index (χ0) is 22.9. The number of sulfonamides is 1. The van der Waals surface area contributed by atoms with Crippen LogP contribution < -0.4 is 14.4 Å². The average Bonchev–Trinajstić information content (AvgIpc) is 2.79. The van der Waals surface area contributed by atoms with Crippen LogP contribution in [0, 0.1) is 0 Å². The normalized spacial score (nSPS) is 11.4. The van der Waals surface area contributed by atoms with Crippen molar-refractivity contribution in [1.82, 2.24) is 9.97 Å². The molecule has 0 spiro atoms. The Morgan fingerprint density at radius 3 is 2.41 bits per heavy atom. The first-order valence-corrected chi connectivity index (χ1v) is 11.5. The molecule has 0 saturated heterocycles. The molecular formula is C23H21ClN4O3S. The molecule has 0 unspecified atom stereocenters. The van der Waals surface area contributed by atoms with E-state index in [-0.39, 0.29) is 15.7 Å². The van der Waals surface area contributed by atoms with E-state index >= 15 is 0 Å². The summed E-state index contributed by atoms with van der Waals surface area (Å²) in [6, 6.07) is 15.5. The van der Waals surface area contributed by atoms with Crippen molar-refractivity contribution in [2.75, 3.05) is 30.8 Å². The summed E-state index contributed by atoms with van der Waals surface area (Å²) >= 11 is 6.21. The van der Waals surface area contributed by atoms with Crippen LogP contribution in [-0.2, 0) is 10.0 Å². The molecule has 0 aliphatic heterocycles. The van der Waals surface area contributed by atoms with Crippen LogP contribution in [0.1, 0.15) is 0 Å². The molecule has 2 aromatic carbocycles. The fraction of sp³-hybridized carbons (Fsp3) is 0.130. The summed E-state index contributed by atoms with van der Waals surface area (Å²) in [4.78, 5) is 10.7. The molecule has 1 N–H and O–H groups in total. The van der Waals surface area contributed by atoms with E-state index in [1.54, 1.807) is 30.6 Å². The van der Waals surface area contributed by atoms with Crippen LogP contribution in [-0.4, -0.2) is 39.6 Å². The Morgan fingerprint density at radius 2 is 1.72 bits per heavy atom. The predicted octanol–water partition coefficient (Wildman–Crippen LogP) is 4.83. The highest BCUT2D eigenvalue weighted by molar-refractivity contribution is 7.92. The van der Waals surface area contributed by atoms with E-state index in [2.05, 4.69) is 14.7 Å². The van der Waals surface area contributed by atoms with Crippen molar-refractivity contribution in [3.8, 4) is 16.9 Å². The van der Waals surface area contributed by atoms with Gasteiger partial charge in [-0.15, -0.1) is 0 Å². The molecule has 0 amide bonds. The first-order valence-electron chi connectivity index (χ1n) is 9.67. The third-order valence-corrected chi connectivity index (χ3v) is 6.67. The first-order chi connectivity index (χ1) is 15.3. The monoisotopic (exact) mass is 468 g/mol. The van der Waals surface area contributed by atoms with E-state index in [4.69, 9.17) is 16.3 Å². The van der Waals surface area contributed by atoms with Crippen molar-refractivity contribution in [2.24, 2.45) is 0 Å². The number of anilines is 2. The highest BCUT2D eigenvalue weighted by Crippen LogP contribution is 2.32. The van der Waals surface area contributed by atoms with Crippen LogP contribution in [0.5, 0.6) is 5.75 Å². The summed E-state index contributed by atoms with van der Waals surface area (Å²) in [5.41, 5.74) is 3.67. The SMILES string of the molecule is COc1ccc(S(=O)(=O)Nc2cc(-c3ccc4nccc(N(C)C)c4c3)cnc2Cl)cc1. The number of nitrogens with one attached hydrogen (secondary N) is 1. The Balaban J connectivity index is 1.72. The predicted molar refractivity (Wildman–Crippen MR) is 128 cm³/mol. The van der Waals surface area contributed by atoms with Gasteiger partial charge >= 0.3 is 0 Å². The number of aromatic nitrogens is 2. The Bertz CT molecular complexity index is 1390. The highest BCUT2D eigenvalue weighted by atomic mass is 35.5. The van der Waals surface area contributed by atoms with E-state index < -0.39 is 10.0 Å². The zero-order valence-electron chi connectivity index (χ0n) is 17.7. The molecule has 0 radical (unpaired) electrons. The number of pyridine rings is 2. The van der Waals surface area contributed by atoms with Gasteiger partial charge in [0.25, 0.3) is 10.0 Å². The van der Waals surface area contributed by atoms with Crippen LogP contribution in [0.25, 0.3) is 22.0 Å². The fourth-order valence-electron chi connectivity index (χ4n) is 3.34. The van der Waals surface area contributed by atoms with E-state index in [0.29, 0.717) is 5.75 Å². The molecule has 2 aromatic heterocycles. The topological polar surface area (TPSA) is 84.4 Å². The lowest BCUT2D eigenvalue weighted by molar-refractivity contribution is 0.414. The number of halogens is 1. The van der Waals surface area contributed by atoms with Crippen LogP contribution >= 0.6 is 11.6 Å². The van der Waals surface area contributed by atoms with Crippen molar-refractivity contribution in [2.45, 2.75) is 4.90 Å². The number of ether oxygens (including phenoxy) is 1. The molecule has 32 heavy (non-hydrogen) atoms. The second kappa shape index (κ2) is 8.64. The van der Waals surface area contributed by atoms with Gasteiger partial charge in [0.1, 0.15) is 5.75 Å². The van der Waals surface area contributed by atoms with Gasteiger partial charge in [0.15, 0.2) is 5.15 Å². The van der Waals surface area contributed by atoms with E-state index in [0.717, 1.165) is 27.7 Å². The van der Waals surface area contributed by atoms with Crippen molar-refractivity contribution >= 4 is 43.9 Å². The number of benzene rings is 2. The minimum absolute atomic E-state index is 0.0577. The van der Waals surface area contributed by atoms with Gasteiger partial charge in [0.05, 0.1) is 23.2 Å². The van der Waals surface area contributed by atoms with Crippen LogP contribution in [0.15, 0.2) is 71.9 Å². The summed E-state index contributed by atoms with van der Waals surface area (Å²) < 4.78 is 33.3. The molecule has 4 rings (SSSR count). The molecule has 4 aromatic rings. The Morgan fingerprint density at radius 1 is 0.969 bits per heavy atom. The number of hydrogen-bond acceptors (Lipinski definition) is 6. The molecule has 9 heteroatoms. The maximum Gasteiger partial charge on any atom is 0.261 e. The minimum atomic E-state index is -3.86. The Kier molecular flexibility index (Phi) is 5.90. The summed E-state index contributed by atoms with van der Waals surface area (Å²) in [5.74, 6) is 0.563. The molecule has 7 nitrogen and oxygen atoms in total. The van der Waals surface area contributed by atoms with Crippen molar-refractivity contribution in [1.29, 1.82) is 0 Å². The maximum atomic E-state index is 12.8. The van der Waals surface area contributed by atoms with Gasteiger partial charge in [-0.3, -0.25) is 9.71 Å². The number of hydrogen-bond donors (Lipinski definition) is 1. The van der Waals surface area contributed by atoms with Gasteiger partial charge in [-0.25, -0.2) is 13.4 Å². The van der Waals surface area contributed by atoms with Crippen molar-refractivity contribution in [3.05, 3.63) is 72.1 Å². The lowest BCUT2D eigenvalue weighted by atomic mass is 10.0. The third kappa shape index (κ3) is 4.32. The van der Waals surface area contributed by atoms with Gasteiger partial charge < -0.3 is 9.64 Å². The molecule has 0 saturated carbocycles. The molecule has 0 fully saturated rings. The summed E-state index contributed by atoms with van der Waals surface area (Å²) in [5, 5.41) is 1.03. The van der Waals surface area contributed by atoms with Gasteiger partial charge in [-0.05, 0) is 54.1 Å². The smallest absolute Gasteiger partial charge is 0.261 e. The quantitative estimate of drug-likeness (QED) is 0.408. The lowest BCUT2D eigenvalue weighted by Gasteiger charge is -2.16. The van der Waals surface area contributed by atoms with Gasteiger partial charge in [0.2, 0.25) is 0 Å². The van der Waals surface area contributed by atoms with Crippen LogP contribution in [0.3, 0.4) is 0 Å². The highest BCUT2D eigenvalue weighted by Gasteiger charge is 2.17. The fourth-order valence-corrected chi connectivity index (χ4v) is 4.60. The number of rotatable bonds is 6. The van der Waals surface area contributed by atoms with Crippen LogP contribution in [0.4, 0.5) is 11.4 Å². The standard InChI is InChI=1S/C23H21ClN4O3S/c1-28(2)22-10-11-25-20-9-4-15(12-19(20)22)16-13-21(23(24)26-14-16)27-32(29,30)18-7-5-17(31-3)6-8-18/h4-14,27H,1-3H3. The summed E-state index contributed by atoms with van der Waals surface area (Å²) in [6.45, 7) is 0. The number of fused-ring (bicyclic) bond motifs is 1. The Hall–Kier alpha value is -3.36. The molecule has 0 aliphatic carbocycles. The molecular weight excluding hydrogens is 448 g/mol. The molecule has 0 aliphatic rings. The van der Waals surface area contributed by atoms with E-state index in [1.165, 1.54) is 19.2 Å². The summed E-state index contributed by atoms with van der Waals surface area (Å²) in [7, 11) is 1.60. The summed E-state index contributed by atoms with van der Waals surface area (Å²) in [6.07, 6.45) is 3.38. The maximum absolute atomic E-state index is 12.8. The average molecular weight is 469 g/mol. The number of nitrogens with zero attached hydrogens (tertiary/aromatic N) is 3. The largest absolute Gasteiger partial charge is 0.497 e. The van der Waals surface area contributed by atoms with Crippen molar-refractivity contribution in [3.63, 3.8) is 0 Å². The van der Waals surface area contributed by atoms with Gasteiger partial charge in [0, 0.05) is 43.1 Å². The Labute approximate surface area is 191 Å². The first kappa shape index (κ1) is 21.9. The second-order valence-electron chi connectivity index (χ2n) is 7.30. The third-order valence-electron chi connectivity index (χ3n) is 4.99. The molecule has 0 atom stereocenters. The molecule has 2 heterocycles. The molecule has 0 bridgehead atoms. The zero-order valence-corrected chi connectivity index (χ0v) is 19.3. The molecule has 164 valence electrons. The lowest BCUT2D eigenvalue weighted by Crippen LogP contribution is -2.13. The van der Waals surface area contributed by atoms with E-state index in [9.17, 15) is 8.42 Å².